The van der Waals surface area contributed by atoms with E-state index in [1.807, 2.05) is 4.90 Å². The highest BCUT2D eigenvalue weighted by atomic mass is 32.1. The molecule has 0 aromatic carbocycles. The van der Waals surface area contributed by atoms with Crippen molar-refractivity contribution in [2.45, 2.75) is 69.9 Å². The van der Waals surface area contributed by atoms with Gasteiger partial charge in [-0.05, 0) is 38.5 Å². The van der Waals surface area contributed by atoms with Gasteiger partial charge in [0.2, 0.25) is 5.91 Å². The van der Waals surface area contributed by atoms with Crippen molar-refractivity contribution in [3.63, 3.8) is 0 Å². The van der Waals surface area contributed by atoms with E-state index in [1.165, 1.54) is 19.3 Å². The molecule has 1 heterocycles. The van der Waals surface area contributed by atoms with Crippen LogP contribution in [-0.4, -0.2) is 41.1 Å². The fraction of sp³-hybridized carbons (Fsp3) is 0.867. The molecular formula is C15H26N2O2S. The van der Waals surface area contributed by atoms with Gasteiger partial charge in [-0.25, -0.2) is 0 Å². The first kappa shape index (κ1) is 15.7. The van der Waals surface area contributed by atoms with Gasteiger partial charge in [0.05, 0.1) is 17.6 Å². The average Bonchev–Trinajstić information content (AvgIpc) is 2.97. The molecule has 1 saturated heterocycles. The topological polar surface area (TPSA) is 55.6 Å². The highest BCUT2D eigenvalue weighted by molar-refractivity contribution is 7.80. The third-order valence-corrected chi connectivity index (χ3v) is 4.50. The number of nitrogens with two attached hydrogens (primary N) is 1. The largest absolute Gasteiger partial charge is 0.392 e. The van der Waals surface area contributed by atoms with Crippen molar-refractivity contribution < 1.29 is 9.53 Å². The summed E-state index contributed by atoms with van der Waals surface area (Å²) in [6.07, 6.45) is 9.72. The highest BCUT2D eigenvalue weighted by Gasteiger charge is 2.27. The zero-order valence-electron chi connectivity index (χ0n) is 12.2. The maximum Gasteiger partial charge on any atom is 0.223 e. The summed E-state index contributed by atoms with van der Waals surface area (Å²) in [5, 5.41) is 0. The number of carbonyl (C=O) groups excluding carboxylic acids is 1. The SMILES string of the molecule is NC(=S)CN(C(=O)CCC1CCCCO1)C1CCCC1. The van der Waals surface area contributed by atoms with Crippen LogP contribution in [-0.2, 0) is 9.53 Å². The number of hydrogen-bond donors (Lipinski definition) is 1. The third kappa shape index (κ3) is 4.70. The zero-order valence-corrected chi connectivity index (χ0v) is 13.0. The molecule has 0 spiro atoms. The molecule has 2 aliphatic rings. The molecule has 114 valence electrons. The van der Waals surface area contributed by atoms with Gasteiger partial charge in [-0.1, -0.05) is 25.1 Å². The van der Waals surface area contributed by atoms with E-state index in [0.29, 0.717) is 24.0 Å². The van der Waals surface area contributed by atoms with Crippen molar-refractivity contribution >= 4 is 23.1 Å². The Hall–Kier alpha value is -0.680. The lowest BCUT2D eigenvalue weighted by Gasteiger charge is -2.30. The maximum absolute atomic E-state index is 12.5. The molecule has 0 aromatic rings. The van der Waals surface area contributed by atoms with Gasteiger partial charge >= 0.3 is 0 Å². The molecule has 2 rings (SSSR count). The predicted octanol–water partition coefficient (Wildman–Crippen LogP) is 2.39. The quantitative estimate of drug-likeness (QED) is 0.765. The summed E-state index contributed by atoms with van der Waals surface area (Å²) in [6.45, 7) is 1.28. The van der Waals surface area contributed by atoms with E-state index in [-0.39, 0.29) is 12.0 Å². The van der Waals surface area contributed by atoms with Crippen LogP contribution in [0.4, 0.5) is 0 Å². The summed E-state index contributed by atoms with van der Waals surface area (Å²) >= 11 is 4.99. The molecule has 4 nitrogen and oxygen atoms in total. The minimum atomic E-state index is 0.193. The Morgan fingerprint density at radius 2 is 1.90 bits per heavy atom. The van der Waals surface area contributed by atoms with Crippen LogP contribution in [0.1, 0.15) is 57.8 Å². The Balaban J connectivity index is 1.83. The molecule has 1 amide bonds. The molecule has 0 aromatic heterocycles. The summed E-state index contributed by atoms with van der Waals surface area (Å²) in [5.41, 5.74) is 5.65. The van der Waals surface area contributed by atoms with E-state index in [1.54, 1.807) is 0 Å². The molecular weight excluding hydrogens is 272 g/mol. The second-order valence-corrected chi connectivity index (χ2v) is 6.48. The lowest BCUT2D eigenvalue weighted by atomic mass is 10.0. The Labute approximate surface area is 127 Å². The van der Waals surface area contributed by atoms with Gasteiger partial charge in [-0.15, -0.1) is 0 Å². The van der Waals surface area contributed by atoms with Crippen molar-refractivity contribution in [1.82, 2.24) is 4.90 Å². The van der Waals surface area contributed by atoms with Crippen molar-refractivity contribution in [3.05, 3.63) is 0 Å². The fourth-order valence-corrected chi connectivity index (χ4v) is 3.41. The molecule has 5 heteroatoms. The van der Waals surface area contributed by atoms with Crippen LogP contribution in [0.2, 0.25) is 0 Å². The number of carbonyl (C=O) groups is 1. The van der Waals surface area contributed by atoms with Gasteiger partial charge in [0, 0.05) is 19.1 Å². The number of hydrogen-bond acceptors (Lipinski definition) is 3. The van der Waals surface area contributed by atoms with Crippen molar-refractivity contribution in [2.24, 2.45) is 5.73 Å². The van der Waals surface area contributed by atoms with Crippen LogP contribution >= 0.6 is 12.2 Å². The lowest BCUT2D eigenvalue weighted by molar-refractivity contribution is -0.133. The standard InChI is InChI=1S/C15H26N2O2S/c16-14(20)11-17(12-5-1-2-6-12)15(18)9-8-13-7-3-4-10-19-13/h12-13H,1-11H2,(H2,16,20). The zero-order chi connectivity index (χ0) is 14.4. The Bertz CT molecular complexity index is 337. The van der Waals surface area contributed by atoms with Crippen LogP contribution < -0.4 is 5.73 Å². The second kappa shape index (κ2) is 7.93. The van der Waals surface area contributed by atoms with Crippen LogP contribution in [0.15, 0.2) is 0 Å². The average molecular weight is 298 g/mol. The van der Waals surface area contributed by atoms with Crippen LogP contribution in [0, 0.1) is 0 Å². The molecule has 0 bridgehead atoms. The van der Waals surface area contributed by atoms with E-state index in [4.69, 9.17) is 22.7 Å². The van der Waals surface area contributed by atoms with Crippen molar-refractivity contribution in [1.29, 1.82) is 0 Å². The number of nitrogens with zero attached hydrogens (tertiary/aromatic N) is 1. The van der Waals surface area contributed by atoms with E-state index < -0.39 is 0 Å². The van der Waals surface area contributed by atoms with Gasteiger partial charge in [0.1, 0.15) is 0 Å². The molecule has 1 aliphatic heterocycles. The minimum absolute atomic E-state index is 0.193. The highest BCUT2D eigenvalue weighted by Crippen LogP contribution is 2.25. The van der Waals surface area contributed by atoms with Crippen LogP contribution in [0.5, 0.6) is 0 Å². The van der Waals surface area contributed by atoms with Gasteiger partial charge in [-0.2, -0.15) is 0 Å². The molecule has 20 heavy (non-hydrogen) atoms. The first-order chi connectivity index (χ1) is 9.66. The molecule has 1 atom stereocenters. The predicted molar refractivity (Wildman–Crippen MR) is 83.6 cm³/mol. The summed E-state index contributed by atoms with van der Waals surface area (Å²) in [4.78, 5) is 14.8. The lowest BCUT2D eigenvalue weighted by Crippen LogP contribution is -2.43. The number of amides is 1. The Morgan fingerprint density at radius 1 is 1.20 bits per heavy atom. The number of rotatable bonds is 6. The first-order valence-corrected chi connectivity index (χ1v) is 8.27. The third-order valence-electron chi connectivity index (χ3n) is 4.37. The molecule has 1 saturated carbocycles. The van der Waals surface area contributed by atoms with Gasteiger partial charge in [0.25, 0.3) is 0 Å². The Morgan fingerprint density at radius 3 is 2.50 bits per heavy atom. The maximum atomic E-state index is 12.5. The van der Waals surface area contributed by atoms with Crippen LogP contribution in [0.3, 0.4) is 0 Å². The summed E-state index contributed by atoms with van der Waals surface area (Å²) in [7, 11) is 0. The monoisotopic (exact) mass is 298 g/mol. The summed E-state index contributed by atoms with van der Waals surface area (Å²) in [5.74, 6) is 0.193. The molecule has 2 N–H and O–H groups in total. The van der Waals surface area contributed by atoms with E-state index in [0.717, 1.165) is 38.7 Å². The summed E-state index contributed by atoms with van der Waals surface area (Å²) < 4.78 is 5.69. The van der Waals surface area contributed by atoms with Crippen molar-refractivity contribution in [3.8, 4) is 0 Å². The van der Waals surface area contributed by atoms with E-state index in [2.05, 4.69) is 0 Å². The van der Waals surface area contributed by atoms with Crippen LogP contribution in [0.25, 0.3) is 0 Å². The smallest absolute Gasteiger partial charge is 0.223 e. The summed E-state index contributed by atoms with van der Waals surface area (Å²) in [6, 6.07) is 0.344. The van der Waals surface area contributed by atoms with E-state index >= 15 is 0 Å². The number of ether oxygens (including phenoxy) is 1. The molecule has 0 radical (unpaired) electrons. The van der Waals surface area contributed by atoms with Gasteiger partial charge in [-0.3, -0.25) is 4.79 Å². The number of thiocarbonyl (C=S) groups is 1. The van der Waals surface area contributed by atoms with Gasteiger partial charge < -0.3 is 15.4 Å². The van der Waals surface area contributed by atoms with Crippen molar-refractivity contribution in [2.75, 3.05) is 13.2 Å². The minimum Gasteiger partial charge on any atom is -0.392 e. The normalized spacial score (nSPS) is 23.7. The molecule has 1 unspecified atom stereocenters. The van der Waals surface area contributed by atoms with Gasteiger partial charge in [0.15, 0.2) is 0 Å². The molecule has 1 aliphatic carbocycles. The second-order valence-electron chi connectivity index (χ2n) is 5.95. The first-order valence-electron chi connectivity index (χ1n) is 7.86. The Kier molecular flexibility index (Phi) is 6.23. The van der Waals surface area contributed by atoms with E-state index in [9.17, 15) is 4.79 Å². The molecule has 2 fully saturated rings. The fourth-order valence-electron chi connectivity index (χ4n) is 3.27.